The third-order valence-corrected chi connectivity index (χ3v) is 2.33. The van der Waals surface area contributed by atoms with E-state index in [9.17, 15) is 13.9 Å². The second-order valence-electron chi connectivity index (χ2n) is 3.56. The lowest BCUT2D eigenvalue weighted by atomic mass is 9.99. The van der Waals surface area contributed by atoms with Gasteiger partial charge in [0.2, 0.25) is 0 Å². The van der Waals surface area contributed by atoms with Gasteiger partial charge in [-0.1, -0.05) is 19.4 Å². The summed E-state index contributed by atoms with van der Waals surface area (Å²) >= 11 is 0. The van der Waals surface area contributed by atoms with Crippen molar-refractivity contribution >= 4 is 0 Å². The fourth-order valence-corrected chi connectivity index (χ4v) is 1.42. The maximum Gasteiger partial charge on any atom is 0.159 e. The molecule has 1 aromatic rings. The van der Waals surface area contributed by atoms with Crippen molar-refractivity contribution in [1.29, 1.82) is 0 Å². The van der Waals surface area contributed by atoms with E-state index in [0.717, 1.165) is 18.6 Å². The van der Waals surface area contributed by atoms with Crippen LogP contribution in [0.2, 0.25) is 0 Å². The molecule has 0 aliphatic carbocycles. The number of nitrogens with two attached hydrogens (primary N) is 1. The Labute approximate surface area is 87.7 Å². The average Bonchev–Trinajstić information content (AvgIpc) is 2.21. The standard InChI is InChI=1S/C11H15F2NO/c1-2-3-10(15)11(14)7-4-5-8(12)9(13)6-7/h4-6,10-11,15H,2-3,14H2,1H3/t10-,11+/m0/s1. The van der Waals surface area contributed by atoms with Gasteiger partial charge >= 0.3 is 0 Å². The molecule has 4 heteroatoms. The lowest BCUT2D eigenvalue weighted by molar-refractivity contribution is 0.134. The van der Waals surface area contributed by atoms with Gasteiger partial charge in [0.25, 0.3) is 0 Å². The third-order valence-electron chi connectivity index (χ3n) is 2.33. The van der Waals surface area contributed by atoms with Gasteiger partial charge in [-0.2, -0.15) is 0 Å². The Kier molecular flexibility index (Phi) is 4.17. The quantitative estimate of drug-likeness (QED) is 0.808. The smallest absolute Gasteiger partial charge is 0.159 e. The zero-order chi connectivity index (χ0) is 11.4. The summed E-state index contributed by atoms with van der Waals surface area (Å²) in [5.41, 5.74) is 6.12. The fourth-order valence-electron chi connectivity index (χ4n) is 1.42. The summed E-state index contributed by atoms with van der Waals surface area (Å²) in [5, 5.41) is 9.59. The molecule has 15 heavy (non-hydrogen) atoms. The Bertz CT molecular complexity index is 330. The number of hydrogen-bond acceptors (Lipinski definition) is 2. The number of benzene rings is 1. The Morgan fingerprint density at radius 3 is 2.53 bits per heavy atom. The maximum absolute atomic E-state index is 12.9. The number of aliphatic hydroxyl groups excluding tert-OH is 1. The van der Waals surface area contributed by atoms with E-state index in [-0.39, 0.29) is 0 Å². The fraction of sp³-hybridized carbons (Fsp3) is 0.455. The molecule has 0 heterocycles. The molecule has 0 saturated heterocycles. The van der Waals surface area contributed by atoms with Gasteiger partial charge in [0.1, 0.15) is 0 Å². The van der Waals surface area contributed by atoms with Crippen molar-refractivity contribution in [3.8, 4) is 0 Å². The first-order valence-corrected chi connectivity index (χ1v) is 4.94. The Balaban J connectivity index is 2.81. The van der Waals surface area contributed by atoms with Crippen molar-refractivity contribution in [2.75, 3.05) is 0 Å². The lowest BCUT2D eigenvalue weighted by Crippen LogP contribution is -2.26. The minimum absolute atomic E-state index is 0.412. The zero-order valence-corrected chi connectivity index (χ0v) is 8.58. The van der Waals surface area contributed by atoms with Gasteiger partial charge in [0.15, 0.2) is 11.6 Å². The number of hydrogen-bond donors (Lipinski definition) is 2. The van der Waals surface area contributed by atoms with E-state index in [2.05, 4.69) is 0 Å². The summed E-state index contributed by atoms with van der Waals surface area (Å²) in [6.45, 7) is 1.92. The van der Waals surface area contributed by atoms with Crippen molar-refractivity contribution in [3.05, 3.63) is 35.4 Å². The highest BCUT2D eigenvalue weighted by molar-refractivity contribution is 5.21. The SMILES string of the molecule is CCC[C@H](O)[C@H](N)c1ccc(F)c(F)c1. The van der Waals surface area contributed by atoms with E-state index < -0.39 is 23.8 Å². The molecule has 0 aliphatic heterocycles. The van der Waals surface area contributed by atoms with E-state index in [4.69, 9.17) is 5.73 Å². The maximum atomic E-state index is 12.9. The highest BCUT2D eigenvalue weighted by Gasteiger charge is 2.17. The van der Waals surface area contributed by atoms with Crippen LogP contribution in [0.1, 0.15) is 31.4 Å². The summed E-state index contributed by atoms with van der Waals surface area (Å²) in [4.78, 5) is 0. The van der Waals surface area contributed by atoms with E-state index in [1.165, 1.54) is 6.07 Å². The lowest BCUT2D eigenvalue weighted by Gasteiger charge is -2.18. The van der Waals surface area contributed by atoms with Crippen molar-refractivity contribution < 1.29 is 13.9 Å². The summed E-state index contributed by atoms with van der Waals surface area (Å²) in [5.74, 6) is -1.84. The van der Waals surface area contributed by atoms with Crippen LogP contribution in [0.4, 0.5) is 8.78 Å². The van der Waals surface area contributed by atoms with Crippen LogP contribution in [0.15, 0.2) is 18.2 Å². The van der Waals surface area contributed by atoms with Crippen LogP contribution in [0, 0.1) is 11.6 Å². The molecule has 84 valence electrons. The molecule has 3 N–H and O–H groups in total. The molecule has 1 aromatic carbocycles. The van der Waals surface area contributed by atoms with Crippen molar-refractivity contribution in [2.45, 2.75) is 31.9 Å². The monoisotopic (exact) mass is 215 g/mol. The largest absolute Gasteiger partial charge is 0.391 e. The van der Waals surface area contributed by atoms with Gasteiger partial charge < -0.3 is 10.8 Å². The molecule has 2 nitrogen and oxygen atoms in total. The van der Waals surface area contributed by atoms with Crippen LogP contribution >= 0.6 is 0 Å². The van der Waals surface area contributed by atoms with Crippen LogP contribution < -0.4 is 5.73 Å². The Morgan fingerprint density at radius 1 is 1.33 bits per heavy atom. The molecule has 0 fully saturated rings. The number of rotatable bonds is 4. The first kappa shape index (κ1) is 12.1. The predicted molar refractivity (Wildman–Crippen MR) is 54.2 cm³/mol. The highest BCUT2D eigenvalue weighted by atomic mass is 19.2. The summed E-state index contributed by atoms with van der Waals surface area (Å²) in [6.07, 6.45) is 0.610. The Hall–Kier alpha value is -1.00. The summed E-state index contributed by atoms with van der Waals surface area (Å²) < 4.78 is 25.5. The molecule has 0 unspecified atom stereocenters. The predicted octanol–water partition coefficient (Wildman–Crippen LogP) is 2.13. The molecule has 1 rings (SSSR count). The first-order valence-electron chi connectivity index (χ1n) is 4.94. The molecule has 0 amide bonds. The minimum Gasteiger partial charge on any atom is -0.391 e. The van der Waals surface area contributed by atoms with Gasteiger partial charge in [0, 0.05) is 0 Å². The molecule has 0 radical (unpaired) electrons. The van der Waals surface area contributed by atoms with Crippen LogP contribution in [0.5, 0.6) is 0 Å². The third kappa shape index (κ3) is 2.97. The minimum atomic E-state index is -0.938. The second kappa shape index (κ2) is 5.19. The first-order chi connectivity index (χ1) is 7.06. The van der Waals surface area contributed by atoms with E-state index in [1.54, 1.807) is 0 Å². The molecule has 0 bridgehead atoms. The zero-order valence-electron chi connectivity index (χ0n) is 8.58. The van der Waals surface area contributed by atoms with Crippen LogP contribution in [-0.4, -0.2) is 11.2 Å². The molecule has 0 aliphatic rings. The summed E-state index contributed by atoms with van der Waals surface area (Å²) in [6, 6.07) is 2.77. The van der Waals surface area contributed by atoms with Gasteiger partial charge in [-0.25, -0.2) is 8.78 Å². The molecule has 0 aromatic heterocycles. The molecule has 0 saturated carbocycles. The number of aliphatic hydroxyl groups is 1. The van der Waals surface area contributed by atoms with Crippen LogP contribution in [0.3, 0.4) is 0 Å². The van der Waals surface area contributed by atoms with E-state index >= 15 is 0 Å². The highest BCUT2D eigenvalue weighted by Crippen LogP contribution is 2.19. The van der Waals surface area contributed by atoms with E-state index in [0.29, 0.717) is 12.0 Å². The van der Waals surface area contributed by atoms with Crippen molar-refractivity contribution in [1.82, 2.24) is 0 Å². The van der Waals surface area contributed by atoms with Crippen LogP contribution in [0.25, 0.3) is 0 Å². The Morgan fingerprint density at radius 2 is 2.00 bits per heavy atom. The molecule has 0 spiro atoms. The van der Waals surface area contributed by atoms with E-state index in [1.807, 2.05) is 6.92 Å². The van der Waals surface area contributed by atoms with Crippen molar-refractivity contribution in [3.63, 3.8) is 0 Å². The summed E-state index contributed by atoms with van der Waals surface area (Å²) in [7, 11) is 0. The molecular weight excluding hydrogens is 200 g/mol. The number of halogens is 2. The second-order valence-corrected chi connectivity index (χ2v) is 3.56. The van der Waals surface area contributed by atoms with Gasteiger partial charge in [0.05, 0.1) is 12.1 Å². The normalized spacial score (nSPS) is 15.0. The van der Waals surface area contributed by atoms with Crippen molar-refractivity contribution in [2.24, 2.45) is 5.73 Å². The van der Waals surface area contributed by atoms with Crippen LogP contribution in [-0.2, 0) is 0 Å². The van der Waals surface area contributed by atoms with Gasteiger partial charge in [-0.15, -0.1) is 0 Å². The average molecular weight is 215 g/mol. The van der Waals surface area contributed by atoms with Gasteiger partial charge in [-0.05, 0) is 24.1 Å². The topological polar surface area (TPSA) is 46.2 Å². The van der Waals surface area contributed by atoms with Gasteiger partial charge in [-0.3, -0.25) is 0 Å². The molecule has 2 atom stereocenters. The molecular formula is C11H15F2NO.